The van der Waals surface area contributed by atoms with Crippen molar-refractivity contribution in [1.82, 2.24) is 9.78 Å². The first-order chi connectivity index (χ1) is 9.70. The number of sulfone groups is 1. The molecule has 1 aromatic carbocycles. The Hall–Kier alpha value is -1.37. The van der Waals surface area contributed by atoms with E-state index < -0.39 is 9.84 Å². The van der Waals surface area contributed by atoms with E-state index in [9.17, 15) is 8.42 Å². The van der Waals surface area contributed by atoms with Crippen LogP contribution >= 0.6 is 11.6 Å². The lowest BCUT2D eigenvalue weighted by Crippen LogP contribution is -2.15. The van der Waals surface area contributed by atoms with Gasteiger partial charge in [0.15, 0.2) is 9.84 Å². The van der Waals surface area contributed by atoms with Crippen molar-refractivity contribution < 1.29 is 8.42 Å². The molecule has 0 bridgehead atoms. The summed E-state index contributed by atoms with van der Waals surface area (Å²) in [4.78, 5) is 0.285. The van der Waals surface area contributed by atoms with Gasteiger partial charge in [0.05, 0.1) is 21.3 Å². The molecule has 0 aliphatic heterocycles. The lowest BCUT2D eigenvalue weighted by atomic mass is 10.0. The fourth-order valence-corrected chi connectivity index (χ4v) is 3.06. The third-order valence-corrected chi connectivity index (χ3v) is 5.03. The summed E-state index contributed by atoms with van der Waals surface area (Å²) in [5.74, 6) is 0. The van der Waals surface area contributed by atoms with Gasteiger partial charge in [-0.3, -0.25) is 4.68 Å². The highest BCUT2D eigenvalue weighted by atomic mass is 35.5. The zero-order valence-electron chi connectivity index (χ0n) is 12.2. The molecule has 0 aliphatic rings. The van der Waals surface area contributed by atoms with Crippen molar-refractivity contribution in [3.05, 3.63) is 46.2 Å². The summed E-state index contributed by atoms with van der Waals surface area (Å²) in [7, 11) is -1.36. The van der Waals surface area contributed by atoms with Crippen LogP contribution in [0.4, 0.5) is 0 Å². The monoisotopic (exact) mass is 327 g/mol. The van der Waals surface area contributed by atoms with Crippen LogP contribution in [-0.4, -0.2) is 24.5 Å². The van der Waals surface area contributed by atoms with Gasteiger partial charge < -0.3 is 5.73 Å². The van der Waals surface area contributed by atoms with Crippen molar-refractivity contribution in [2.75, 3.05) is 6.26 Å². The molecule has 2 rings (SSSR count). The van der Waals surface area contributed by atoms with Crippen LogP contribution in [0.3, 0.4) is 0 Å². The molecular weight excluding hydrogens is 310 g/mol. The van der Waals surface area contributed by atoms with Crippen molar-refractivity contribution in [3.63, 3.8) is 0 Å². The van der Waals surface area contributed by atoms with Gasteiger partial charge in [0.2, 0.25) is 0 Å². The van der Waals surface area contributed by atoms with Crippen LogP contribution < -0.4 is 5.73 Å². The minimum absolute atomic E-state index is 0.272. The zero-order chi connectivity index (χ0) is 15.8. The van der Waals surface area contributed by atoms with E-state index in [2.05, 4.69) is 5.10 Å². The molecule has 0 amide bonds. The second kappa shape index (κ2) is 5.79. The van der Waals surface area contributed by atoms with Gasteiger partial charge in [-0.15, -0.1) is 0 Å². The molecule has 1 heterocycles. The van der Waals surface area contributed by atoms with Gasteiger partial charge in [-0.2, -0.15) is 5.10 Å². The molecule has 0 saturated heterocycles. The van der Waals surface area contributed by atoms with Gasteiger partial charge in [0.1, 0.15) is 0 Å². The fourth-order valence-electron chi connectivity index (χ4n) is 2.19. The standard InChI is InChI=1S/C14H18ClN3O2S/c1-9-14(15)13(18(2)17-9)8-12(16)10-4-6-11(7-5-10)21(3,19)20/h4-7,12H,8,16H2,1-3H3. The Labute approximate surface area is 129 Å². The summed E-state index contributed by atoms with van der Waals surface area (Å²) in [6.45, 7) is 1.85. The van der Waals surface area contributed by atoms with Gasteiger partial charge in [-0.1, -0.05) is 23.7 Å². The van der Waals surface area contributed by atoms with E-state index in [0.29, 0.717) is 11.4 Å². The molecule has 1 atom stereocenters. The normalized spacial score (nSPS) is 13.4. The average Bonchev–Trinajstić information content (AvgIpc) is 2.64. The molecule has 0 aliphatic carbocycles. The van der Waals surface area contributed by atoms with E-state index in [0.717, 1.165) is 17.0 Å². The summed E-state index contributed by atoms with van der Waals surface area (Å²) in [5.41, 5.74) is 8.68. The SMILES string of the molecule is Cc1nn(C)c(CC(N)c2ccc(S(C)(=O)=O)cc2)c1Cl. The molecule has 0 radical (unpaired) electrons. The Morgan fingerprint density at radius 1 is 1.33 bits per heavy atom. The van der Waals surface area contributed by atoms with Crippen molar-refractivity contribution in [1.29, 1.82) is 0 Å². The van der Waals surface area contributed by atoms with Crippen molar-refractivity contribution in [2.24, 2.45) is 12.8 Å². The minimum Gasteiger partial charge on any atom is -0.324 e. The van der Waals surface area contributed by atoms with Gasteiger partial charge in [-0.25, -0.2) is 8.42 Å². The lowest BCUT2D eigenvalue weighted by molar-refractivity contribution is 0.601. The molecule has 114 valence electrons. The van der Waals surface area contributed by atoms with E-state index >= 15 is 0 Å². The fraction of sp³-hybridized carbons (Fsp3) is 0.357. The van der Waals surface area contributed by atoms with Crippen LogP contribution in [0.1, 0.15) is 23.0 Å². The Kier molecular flexibility index (Phi) is 4.41. The molecule has 0 saturated carbocycles. The Balaban J connectivity index is 2.23. The number of nitrogens with two attached hydrogens (primary N) is 1. The second-order valence-electron chi connectivity index (χ2n) is 5.12. The molecule has 1 aromatic heterocycles. The Morgan fingerprint density at radius 2 is 1.90 bits per heavy atom. The third kappa shape index (κ3) is 3.45. The van der Waals surface area contributed by atoms with Gasteiger partial charge in [0.25, 0.3) is 0 Å². The topological polar surface area (TPSA) is 78.0 Å². The van der Waals surface area contributed by atoms with Crippen LogP contribution in [0, 0.1) is 6.92 Å². The first-order valence-electron chi connectivity index (χ1n) is 6.43. The molecule has 0 spiro atoms. The maximum Gasteiger partial charge on any atom is 0.175 e. The van der Waals surface area contributed by atoms with Gasteiger partial charge >= 0.3 is 0 Å². The van der Waals surface area contributed by atoms with E-state index in [4.69, 9.17) is 17.3 Å². The van der Waals surface area contributed by atoms with Crippen LogP contribution in [0.25, 0.3) is 0 Å². The number of aromatic nitrogens is 2. The van der Waals surface area contributed by atoms with Crippen molar-refractivity contribution in [2.45, 2.75) is 24.3 Å². The first kappa shape index (κ1) is 16.0. The molecule has 0 fully saturated rings. The predicted octanol–water partition coefficient (Wildman–Crippen LogP) is 2.03. The number of hydrogen-bond donors (Lipinski definition) is 1. The highest BCUT2D eigenvalue weighted by Gasteiger charge is 2.16. The molecule has 2 N–H and O–H groups in total. The summed E-state index contributed by atoms with van der Waals surface area (Å²) in [6.07, 6.45) is 1.72. The van der Waals surface area contributed by atoms with Crippen molar-refractivity contribution in [3.8, 4) is 0 Å². The zero-order valence-corrected chi connectivity index (χ0v) is 13.7. The number of hydrogen-bond acceptors (Lipinski definition) is 4. The maximum atomic E-state index is 11.4. The average molecular weight is 328 g/mol. The van der Waals surface area contributed by atoms with Gasteiger partial charge in [0, 0.05) is 25.8 Å². The molecule has 7 heteroatoms. The maximum absolute atomic E-state index is 11.4. The Morgan fingerprint density at radius 3 is 2.33 bits per heavy atom. The quantitative estimate of drug-likeness (QED) is 0.932. The van der Waals surface area contributed by atoms with Crippen LogP contribution in [0.5, 0.6) is 0 Å². The van der Waals surface area contributed by atoms with E-state index in [-0.39, 0.29) is 10.9 Å². The number of rotatable bonds is 4. The number of halogens is 1. The molecule has 2 aromatic rings. The van der Waals surface area contributed by atoms with Crippen molar-refractivity contribution >= 4 is 21.4 Å². The summed E-state index contributed by atoms with van der Waals surface area (Å²) < 4.78 is 24.6. The number of aryl methyl sites for hydroxylation is 2. The highest BCUT2D eigenvalue weighted by Crippen LogP contribution is 2.25. The number of nitrogens with zero attached hydrogens (tertiary/aromatic N) is 2. The molecule has 5 nitrogen and oxygen atoms in total. The van der Waals surface area contributed by atoms with Crippen LogP contribution in [-0.2, 0) is 23.3 Å². The van der Waals surface area contributed by atoms with E-state index in [1.54, 1.807) is 28.9 Å². The van der Waals surface area contributed by atoms with E-state index in [1.165, 1.54) is 6.26 Å². The number of benzene rings is 1. The highest BCUT2D eigenvalue weighted by molar-refractivity contribution is 7.90. The summed E-state index contributed by atoms with van der Waals surface area (Å²) >= 11 is 6.21. The predicted molar refractivity (Wildman–Crippen MR) is 83.1 cm³/mol. The Bertz CT molecular complexity index is 751. The van der Waals surface area contributed by atoms with E-state index in [1.807, 2.05) is 14.0 Å². The van der Waals surface area contributed by atoms with Gasteiger partial charge in [-0.05, 0) is 24.6 Å². The smallest absolute Gasteiger partial charge is 0.175 e. The summed E-state index contributed by atoms with van der Waals surface area (Å²) in [6, 6.07) is 6.34. The van der Waals surface area contributed by atoms with Crippen LogP contribution in [0.15, 0.2) is 29.2 Å². The molecular formula is C14H18ClN3O2S. The largest absolute Gasteiger partial charge is 0.324 e. The second-order valence-corrected chi connectivity index (χ2v) is 7.52. The lowest BCUT2D eigenvalue weighted by Gasteiger charge is -2.13. The molecule has 21 heavy (non-hydrogen) atoms. The summed E-state index contributed by atoms with van der Waals surface area (Å²) in [5, 5.41) is 4.88. The molecule has 1 unspecified atom stereocenters. The van der Waals surface area contributed by atoms with Crippen LogP contribution in [0.2, 0.25) is 5.02 Å². The minimum atomic E-state index is -3.19. The first-order valence-corrected chi connectivity index (χ1v) is 8.70. The third-order valence-electron chi connectivity index (χ3n) is 3.41.